The molecule has 0 saturated heterocycles. The van der Waals surface area contributed by atoms with Crippen LogP contribution in [-0.2, 0) is 9.59 Å². The normalized spacial score (nSPS) is 15.9. The van der Waals surface area contributed by atoms with E-state index >= 15 is 0 Å². The van der Waals surface area contributed by atoms with E-state index in [9.17, 15) is 14.4 Å². The predicted octanol–water partition coefficient (Wildman–Crippen LogP) is 0.108. The highest BCUT2D eigenvalue weighted by Crippen LogP contribution is 2.18. The minimum absolute atomic E-state index is 0.0927. The van der Waals surface area contributed by atoms with Gasteiger partial charge in [-0.15, -0.1) is 11.6 Å². The van der Waals surface area contributed by atoms with Crippen molar-refractivity contribution in [3.63, 3.8) is 0 Å². The summed E-state index contributed by atoms with van der Waals surface area (Å²) in [5, 5.41) is 6.48. The van der Waals surface area contributed by atoms with Crippen molar-refractivity contribution >= 4 is 29.4 Å². The number of hydrogen-bond acceptors (Lipinski definition) is 3. The Morgan fingerprint density at radius 1 is 1.35 bits per heavy atom. The van der Waals surface area contributed by atoms with Crippen molar-refractivity contribution in [1.82, 2.24) is 16.0 Å². The fourth-order valence-electron chi connectivity index (χ4n) is 1.07. The smallest absolute Gasteiger partial charge is 0.321 e. The van der Waals surface area contributed by atoms with Gasteiger partial charge in [0.1, 0.15) is 5.38 Å². The van der Waals surface area contributed by atoms with Crippen molar-refractivity contribution in [1.29, 1.82) is 0 Å². The molecule has 1 aliphatic carbocycles. The molecule has 1 aliphatic rings. The van der Waals surface area contributed by atoms with Gasteiger partial charge in [0.25, 0.3) is 0 Å². The molecule has 0 aromatic rings. The van der Waals surface area contributed by atoms with E-state index < -0.39 is 17.3 Å². The standard InChI is InChI=1S/C10H16ClN3O3/c1-6(11)9(16)14-10(17)12-5-4-8(15)13-7-2-3-7/h6-7H,2-5H2,1H3,(H,13,15)(H2,12,14,16,17). The number of imide groups is 1. The van der Waals surface area contributed by atoms with Crippen molar-refractivity contribution in [3.8, 4) is 0 Å². The van der Waals surface area contributed by atoms with Crippen LogP contribution < -0.4 is 16.0 Å². The molecule has 3 N–H and O–H groups in total. The van der Waals surface area contributed by atoms with Gasteiger partial charge < -0.3 is 10.6 Å². The fourth-order valence-corrected chi connectivity index (χ4v) is 1.13. The van der Waals surface area contributed by atoms with Crippen LogP contribution in [0.1, 0.15) is 26.2 Å². The van der Waals surface area contributed by atoms with Crippen LogP contribution in [0.3, 0.4) is 0 Å². The summed E-state index contributed by atoms with van der Waals surface area (Å²) < 4.78 is 0. The maximum Gasteiger partial charge on any atom is 0.321 e. The van der Waals surface area contributed by atoms with E-state index in [1.165, 1.54) is 6.92 Å². The third-order valence-corrected chi connectivity index (χ3v) is 2.38. The van der Waals surface area contributed by atoms with Gasteiger partial charge in [-0.2, -0.15) is 0 Å². The van der Waals surface area contributed by atoms with Crippen molar-refractivity contribution in [2.45, 2.75) is 37.6 Å². The van der Waals surface area contributed by atoms with E-state index in [4.69, 9.17) is 11.6 Å². The van der Waals surface area contributed by atoms with Gasteiger partial charge in [0.05, 0.1) is 0 Å². The summed E-state index contributed by atoms with van der Waals surface area (Å²) in [4.78, 5) is 33.4. The lowest BCUT2D eigenvalue weighted by atomic mass is 10.4. The van der Waals surface area contributed by atoms with Crippen LogP contribution >= 0.6 is 11.6 Å². The molecule has 1 atom stereocenters. The highest BCUT2D eigenvalue weighted by atomic mass is 35.5. The van der Waals surface area contributed by atoms with Crippen LogP contribution in [-0.4, -0.2) is 35.8 Å². The average molecular weight is 262 g/mol. The van der Waals surface area contributed by atoms with E-state index in [2.05, 4.69) is 16.0 Å². The highest BCUT2D eigenvalue weighted by Gasteiger charge is 2.22. The second kappa shape index (κ2) is 6.44. The van der Waals surface area contributed by atoms with Crippen molar-refractivity contribution in [2.24, 2.45) is 0 Å². The second-order valence-electron chi connectivity index (χ2n) is 3.95. The zero-order chi connectivity index (χ0) is 12.8. The summed E-state index contributed by atoms with van der Waals surface area (Å²) in [6, 6.07) is -0.322. The first-order chi connectivity index (χ1) is 7.99. The van der Waals surface area contributed by atoms with Crippen LogP contribution in [0.4, 0.5) is 4.79 Å². The molecule has 0 aliphatic heterocycles. The molecule has 1 saturated carbocycles. The molecule has 0 spiro atoms. The maximum atomic E-state index is 11.2. The van der Waals surface area contributed by atoms with Crippen molar-refractivity contribution < 1.29 is 14.4 Å². The number of rotatable bonds is 5. The first-order valence-corrected chi connectivity index (χ1v) is 5.95. The number of alkyl halides is 1. The summed E-state index contributed by atoms with van der Waals surface area (Å²) >= 11 is 5.46. The molecule has 0 aromatic heterocycles. The van der Waals surface area contributed by atoms with E-state index in [0.29, 0.717) is 6.04 Å². The molecule has 17 heavy (non-hydrogen) atoms. The number of hydrogen-bond donors (Lipinski definition) is 3. The Kier molecular flexibility index (Phi) is 5.21. The summed E-state index contributed by atoms with van der Waals surface area (Å²) in [5.41, 5.74) is 0. The SMILES string of the molecule is CC(Cl)C(=O)NC(=O)NCCC(=O)NC1CC1. The number of carbonyl (C=O) groups is 3. The molecule has 0 bridgehead atoms. The predicted molar refractivity (Wildman–Crippen MR) is 62.6 cm³/mol. The van der Waals surface area contributed by atoms with Gasteiger partial charge >= 0.3 is 6.03 Å². The van der Waals surface area contributed by atoms with Crippen molar-refractivity contribution in [2.75, 3.05) is 6.54 Å². The molecule has 0 heterocycles. The highest BCUT2D eigenvalue weighted by molar-refractivity contribution is 6.31. The van der Waals surface area contributed by atoms with Crippen molar-refractivity contribution in [3.05, 3.63) is 0 Å². The van der Waals surface area contributed by atoms with Gasteiger partial charge in [-0.25, -0.2) is 4.79 Å². The van der Waals surface area contributed by atoms with Gasteiger partial charge in [-0.05, 0) is 19.8 Å². The zero-order valence-corrected chi connectivity index (χ0v) is 10.3. The summed E-state index contributed by atoms with van der Waals surface area (Å²) in [6.07, 6.45) is 2.26. The molecule has 7 heteroatoms. The minimum atomic E-state index is -0.765. The topological polar surface area (TPSA) is 87.3 Å². The summed E-state index contributed by atoms with van der Waals surface area (Å²) in [6.45, 7) is 1.65. The fraction of sp³-hybridized carbons (Fsp3) is 0.700. The van der Waals surface area contributed by atoms with E-state index in [0.717, 1.165) is 12.8 Å². The monoisotopic (exact) mass is 261 g/mol. The second-order valence-corrected chi connectivity index (χ2v) is 4.61. The number of amides is 4. The van der Waals surface area contributed by atoms with Crippen LogP contribution in [0.2, 0.25) is 0 Å². The third kappa shape index (κ3) is 6.11. The number of urea groups is 1. The maximum absolute atomic E-state index is 11.2. The Hall–Kier alpha value is -1.30. The first-order valence-electron chi connectivity index (χ1n) is 5.51. The lowest BCUT2D eigenvalue weighted by Gasteiger charge is -2.07. The third-order valence-electron chi connectivity index (χ3n) is 2.18. The quantitative estimate of drug-likeness (QED) is 0.614. The molecule has 1 rings (SSSR count). The van der Waals surface area contributed by atoms with E-state index in [-0.39, 0.29) is 18.9 Å². The van der Waals surface area contributed by atoms with E-state index in [1.54, 1.807) is 0 Å². The molecular weight excluding hydrogens is 246 g/mol. The molecule has 0 aromatic carbocycles. The number of nitrogens with one attached hydrogen (secondary N) is 3. The van der Waals surface area contributed by atoms with Crippen LogP contribution in [0.25, 0.3) is 0 Å². The largest absolute Gasteiger partial charge is 0.353 e. The Morgan fingerprint density at radius 3 is 2.53 bits per heavy atom. The van der Waals surface area contributed by atoms with Crippen LogP contribution in [0, 0.1) is 0 Å². The van der Waals surface area contributed by atoms with Crippen LogP contribution in [0.5, 0.6) is 0 Å². The first kappa shape index (κ1) is 13.8. The number of halogens is 1. The van der Waals surface area contributed by atoms with Gasteiger partial charge in [-0.3, -0.25) is 14.9 Å². The number of carbonyl (C=O) groups excluding carboxylic acids is 3. The average Bonchev–Trinajstić information content (AvgIpc) is 3.01. The minimum Gasteiger partial charge on any atom is -0.353 e. The van der Waals surface area contributed by atoms with Gasteiger partial charge in [0.2, 0.25) is 11.8 Å². The molecule has 6 nitrogen and oxygen atoms in total. The lowest BCUT2D eigenvalue weighted by Crippen LogP contribution is -2.43. The molecule has 1 fully saturated rings. The molecule has 0 radical (unpaired) electrons. The summed E-state index contributed by atoms with van der Waals surface area (Å²) in [5.74, 6) is -0.656. The Labute approximate surface area is 104 Å². The Morgan fingerprint density at radius 2 is 2.00 bits per heavy atom. The molecule has 4 amide bonds. The van der Waals surface area contributed by atoms with Crippen LogP contribution in [0.15, 0.2) is 0 Å². The molecule has 96 valence electrons. The van der Waals surface area contributed by atoms with Gasteiger partial charge in [0.15, 0.2) is 0 Å². The molecular formula is C10H16ClN3O3. The van der Waals surface area contributed by atoms with E-state index in [1.807, 2.05) is 0 Å². The lowest BCUT2D eigenvalue weighted by molar-refractivity contribution is -0.121. The Balaban J connectivity index is 2.06. The Bertz CT molecular complexity index is 316. The van der Waals surface area contributed by atoms with Gasteiger partial charge in [-0.1, -0.05) is 0 Å². The van der Waals surface area contributed by atoms with Gasteiger partial charge in [0, 0.05) is 19.0 Å². The molecule has 1 unspecified atom stereocenters. The summed E-state index contributed by atoms with van der Waals surface area (Å²) in [7, 11) is 0. The zero-order valence-electron chi connectivity index (χ0n) is 9.59.